The number of carbonyl (C=O) groups is 2. The van der Waals surface area contributed by atoms with Gasteiger partial charge in [0.25, 0.3) is 0 Å². The number of aromatic nitrogens is 1. The van der Waals surface area contributed by atoms with Crippen molar-refractivity contribution in [3.63, 3.8) is 0 Å². The van der Waals surface area contributed by atoms with E-state index in [-0.39, 0.29) is 19.3 Å². The summed E-state index contributed by atoms with van der Waals surface area (Å²) in [6.45, 7) is 2.32. The molecule has 1 aliphatic heterocycles. The lowest BCUT2D eigenvalue weighted by Gasteiger charge is -2.20. The molecule has 0 bridgehead atoms. The molecule has 4 rings (SSSR count). The second-order valence-corrected chi connectivity index (χ2v) is 7.89. The Morgan fingerprint density at radius 3 is 2.67 bits per heavy atom. The number of carboxylic acids is 1. The predicted octanol–water partition coefficient (Wildman–Crippen LogP) is 3.36. The van der Waals surface area contributed by atoms with Crippen molar-refractivity contribution in [1.82, 2.24) is 10.5 Å². The Bertz CT molecular complexity index is 1220. The molecule has 9 heteroatoms. The fourth-order valence-electron chi connectivity index (χ4n) is 3.78. The number of aryl methyl sites for hydroxylation is 1. The Hall–Kier alpha value is -3.98. The molecular formula is C24H23N3O6. The monoisotopic (exact) mass is 449 g/mol. The highest BCUT2D eigenvalue weighted by atomic mass is 16.7. The minimum absolute atomic E-state index is 0.00350. The number of rotatable bonds is 8. The van der Waals surface area contributed by atoms with E-state index in [1.54, 1.807) is 24.3 Å². The quantitative estimate of drug-likeness (QED) is 0.355. The molecule has 0 radical (unpaired) electrons. The van der Waals surface area contributed by atoms with Gasteiger partial charge in [-0.3, -0.25) is 15.0 Å². The summed E-state index contributed by atoms with van der Waals surface area (Å²) in [6.07, 6.45) is -0.326. The van der Waals surface area contributed by atoms with Gasteiger partial charge in [0, 0.05) is 35.9 Å². The van der Waals surface area contributed by atoms with Crippen LogP contribution in [0.25, 0.3) is 10.9 Å². The number of carboxylic acid groups (broad SMARTS) is 1. The number of hydrogen-bond acceptors (Lipinski definition) is 7. The molecule has 2 heterocycles. The van der Waals surface area contributed by atoms with Crippen LogP contribution < -0.4 is 10.2 Å². The molecule has 3 aromatic rings. The SMILES string of the molecule is Cc1cc(COc2ccc(C3=NOC(CCC(=O)NO)(C(=O)O)C3)cc2)c2ccccc2n1. The Balaban J connectivity index is 1.43. The number of fused-ring (bicyclic) bond motifs is 1. The minimum atomic E-state index is -1.64. The van der Waals surface area contributed by atoms with Crippen molar-refractivity contribution in [1.29, 1.82) is 0 Å². The zero-order valence-corrected chi connectivity index (χ0v) is 17.9. The molecule has 170 valence electrons. The number of para-hydroxylation sites is 1. The molecule has 9 nitrogen and oxygen atoms in total. The van der Waals surface area contributed by atoms with Crippen molar-refractivity contribution < 1.29 is 29.5 Å². The summed E-state index contributed by atoms with van der Waals surface area (Å²) in [5.74, 6) is -1.25. The highest BCUT2D eigenvalue weighted by molar-refractivity contribution is 6.04. The molecule has 33 heavy (non-hydrogen) atoms. The molecule has 1 atom stereocenters. The van der Waals surface area contributed by atoms with Crippen molar-refractivity contribution in [2.75, 3.05) is 0 Å². The van der Waals surface area contributed by atoms with E-state index in [2.05, 4.69) is 10.1 Å². The number of ether oxygens (including phenoxy) is 1. The van der Waals surface area contributed by atoms with E-state index in [9.17, 15) is 14.7 Å². The molecule has 0 aliphatic carbocycles. The number of oxime groups is 1. The van der Waals surface area contributed by atoms with Gasteiger partial charge < -0.3 is 14.7 Å². The Labute approximate surface area is 189 Å². The van der Waals surface area contributed by atoms with Crippen LogP contribution in [0.4, 0.5) is 0 Å². The largest absolute Gasteiger partial charge is 0.489 e. The van der Waals surface area contributed by atoms with Crippen LogP contribution in [-0.2, 0) is 21.0 Å². The number of carbonyl (C=O) groups excluding carboxylic acids is 1. The van der Waals surface area contributed by atoms with Gasteiger partial charge in [-0.2, -0.15) is 0 Å². The second-order valence-electron chi connectivity index (χ2n) is 7.89. The van der Waals surface area contributed by atoms with Crippen LogP contribution in [0.15, 0.2) is 59.8 Å². The van der Waals surface area contributed by atoms with E-state index in [4.69, 9.17) is 14.8 Å². The summed E-state index contributed by atoms with van der Waals surface area (Å²) in [5.41, 5.74) is 3.88. The van der Waals surface area contributed by atoms with E-state index in [0.717, 1.165) is 22.2 Å². The number of pyridine rings is 1. The number of nitrogens with one attached hydrogen (secondary N) is 1. The third-order valence-electron chi connectivity index (χ3n) is 5.57. The molecule has 0 spiro atoms. The molecule has 0 saturated carbocycles. The lowest BCUT2D eigenvalue weighted by atomic mass is 9.90. The van der Waals surface area contributed by atoms with Crippen LogP contribution >= 0.6 is 0 Å². The van der Waals surface area contributed by atoms with Crippen molar-refractivity contribution in [2.45, 2.75) is 38.4 Å². The van der Waals surface area contributed by atoms with E-state index in [1.807, 2.05) is 37.3 Å². The average molecular weight is 449 g/mol. The molecule has 0 fully saturated rings. The summed E-state index contributed by atoms with van der Waals surface area (Å²) in [7, 11) is 0. The van der Waals surface area contributed by atoms with Crippen LogP contribution in [0.3, 0.4) is 0 Å². The lowest BCUT2D eigenvalue weighted by Crippen LogP contribution is -2.40. The first kappa shape index (κ1) is 22.2. The molecular weight excluding hydrogens is 426 g/mol. The maximum Gasteiger partial charge on any atom is 0.351 e. The van der Waals surface area contributed by atoms with E-state index in [1.165, 1.54) is 5.48 Å². The standard InChI is InChI=1S/C24H23N3O6/c1-15-12-17(19-4-2-3-5-20(19)25-15)14-32-18-8-6-16(7-9-18)21-13-24(23(29)30,33-27-21)11-10-22(28)26-31/h2-9,12,31H,10-11,13-14H2,1H3,(H,26,28)(H,29,30). The minimum Gasteiger partial charge on any atom is -0.489 e. The van der Waals surface area contributed by atoms with E-state index >= 15 is 0 Å². The van der Waals surface area contributed by atoms with Crippen LogP contribution in [0.1, 0.15) is 36.1 Å². The third-order valence-corrected chi connectivity index (χ3v) is 5.57. The van der Waals surface area contributed by atoms with Crippen molar-refractivity contribution in [3.05, 3.63) is 71.4 Å². The van der Waals surface area contributed by atoms with Gasteiger partial charge in [0.05, 0.1) is 11.2 Å². The lowest BCUT2D eigenvalue weighted by molar-refractivity contribution is -0.164. The normalized spacial score (nSPS) is 17.3. The third kappa shape index (κ3) is 4.78. The maximum atomic E-state index is 11.8. The van der Waals surface area contributed by atoms with Crippen molar-refractivity contribution >= 4 is 28.5 Å². The van der Waals surface area contributed by atoms with Gasteiger partial charge in [0.1, 0.15) is 12.4 Å². The highest BCUT2D eigenvalue weighted by Crippen LogP contribution is 2.32. The number of hydroxylamine groups is 1. The first-order valence-corrected chi connectivity index (χ1v) is 10.4. The number of benzene rings is 2. The van der Waals surface area contributed by atoms with Gasteiger partial charge in [-0.1, -0.05) is 23.4 Å². The molecule has 1 unspecified atom stereocenters. The summed E-state index contributed by atoms with van der Waals surface area (Å²) in [5, 5.41) is 23.2. The molecule has 2 aromatic carbocycles. The van der Waals surface area contributed by atoms with Crippen LogP contribution in [0.5, 0.6) is 5.75 Å². The molecule has 1 aliphatic rings. The van der Waals surface area contributed by atoms with Crippen LogP contribution in [0.2, 0.25) is 0 Å². The van der Waals surface area contributed by atoms with Gasteiger partial charge in [0.15, 0.2) is 0 Å². The summed E-state index contributed by atoms with van der Waals surface area (Å²) in [4.78, 5) is 32.9. The van der Waals surface area contributed by atoms with Crippen LogP contribution in [0, 0.1) is 6.92 Å². The Kier molecular flexibility index (Phi) is 6.23. The average Bonchev–Trinajstić information content (AvgIpc) is 3.27. The molecule has 1 amide bonds. The molecule has 1 aromatic heterocycles. The summed E-state index contributed by atoms with van der Waals surface area (Å²) < 4.78 is 5.97. The fraction of sp³-hybridized carbons (Fsp3) is 0.250. The number of hydrogen-bond donors (Lipinski definition) is 3. The predicted molar refractivity (Wildman–Crippen MR) is 119 cm³/mol. The fourth-order valence-corrected chi connectivity index (χ4v) is 3.78. The molecule has 0 saturated heterocycles. The second kappa shape index (κ2) is 9.25. The number of aliphatic carboxylic acids is 1. The smallest absolute Gasteiger partial charge is 0.351 e. The zero-order valence-electron chi connectivity index (χ0n) is 17.9. The zero-order chi connectivity index (χ0) is 23.4. The van der Waals surface area contributed by atoms with Gasteiger partial charge in [-0.15, -0.1) is 0 Å². The van der Waals surface area contributed by atoms with Gasteiger partial charge in [-0.05, 0) is 48.9 Å². The van der Waals surface area contributed by atoms with Crippen molar-refractivity contribution in [3.8, 4) is 5.75 Å². The van der Waals surface area contributed by atoms with Gasteiger partial charge in [0.2, 0.25) is 11.5 Å². The summed E-state index contributed by atoms with van der Waals surface area (Å²) >= 11 is 0. The number of amides is 1. The first-order chi connectivity index (χ1) is 15.9. The first-order valence-electron chi connectivity index (χ1n) is 10.4. The molecule has 3 N–H and O–H groups in total. The summed E-state index contributed by atoms with van der Waals surface area (Å²) in [6, 6.07) is 17.0. The topological polar surface area (TPSA) is 130 Å². The van der Waals surface area contributed by atoms with Crippen molar-refractivity contribution in [2.24, 2.45) is 5.16 Å². The van der Waals surface area contributed by atoms with Gasteiger partial charge in [-0.25, -0.2) is 10.3 Å². The number of nitrogens with zero attached hydrogens (tertiary/aromatic N) is 2. The Morgan fingerprint density at radius 1 is 1.18 bits per heavy atom. The van der Waals surface area contributed by atoms with E-state index < -0.39 is 17.5 Å². The van der Waals surface area contributed by atoms with Crippen LogP contribution in [-0.4, -0.2) is 38.5 Å². The van der Waals surface area contributed by atoms with E-state index in [0.29, 0.717) is 23.6 Å². The Morgan fingerprint density at radius 2 is 1.94 bits per heavy atom. The maximum absolute atomic E-state index is 11.8. The van der Waals surface area contributed by atoms with Gasteiger partial charge >= 0.3 is 5.97 Å². The highest BCUT2D eigenvalue weighted by Gasteiger charge is 2.47.